The van der Waals surface area contributed by atoms with Crippen molar-refractivity contribution in [2.24, 2.45) is 0 Å². The van der Waals surface area contributed by atoms with Gasteiger partial charge < -0.3 is 5.73 Å². The van der Waals surface area contributed by atoms with E-state index in [1.165, 1.54) is 24.4 Å². The predicted octanol–water partition coefficient (Wildman–Crippen LogP) is 3.24. The minimum Gasteiger partial charge on any atom is -0.397 e. The van der Waals surface area contributed by atoms with Gasteiger partial charge in [0.1, 0.15) is 5.69 Å². The number of alkyl halides is 3. The highest BCUT2D eigenvalue weighted by Gasteiger charge is 2.35. The van der Waals surface area contributed by atoms with Gasteiger partial charge in [-0.25, -0.2) is 0 Å². The smallest absolute Gasteiger partial charge is 0.397 e. The van der Waals surface area contributed by atoms with E-state index in [-0.39, 0.29) is 17.2 Å². The highest BCUT2D eigenvalue weighted by atomic mass is 19.4. The molecule has 0 unspecified atom stereocenters. The minimum absolute atomic E-state index is 0.181. The molecule has 2 aromatic heterocycles. The van der Waals surface area contributed by atoms with Gasteiger partial charge in [-0.2, -0.15) is 13.2 Å². The van der Waals surface area contributed by atoms with Crippen molar-refractivity contribution in [3.63, 3.8) is 0 Å². The van der Waals surface area contributed by atoms with Crippen LogP contribution >= 0.6 is 0 Å². The molecule has 0 aromatic carbocycles. The molecule has 0 radical (unpaired) electrons. The molecule has 0 aliphatic rings. The predicted molar refractivity (Wildman–Crippen MR) is 75.2 cm³/mol. The van der Waals surface area contributed by atoms with Crippen molar-refractivity contribution in [2.45, 2.75) is 25.4 Å². The summed E-state index contributed by atoms with van der Waals surface area (Å²) in [6.45, 7) is 3.17. The summed E-state index contributed by atoms with van der Waals surface area (Å²) in [6, 6.07) is 5.13. The topological polar surface area (TPSA) is 68.9 Å². The summed E-state index contributed by atoms with van der Waals surface area (Å²) < 4.78 is 37.6. The molecule has 0 saturated heterocycles. The Labute approximate surface area is 125 Å². The fraction of sp³-hybridized carbons (Fsp3) is 0.267. The second-order valence-corrected chi connectivity index (χ2v) is 5.36. The quantitative estimate of drug-likeness (QED) is 0.884. The van der Waals surface area contributed by atoms with E-state index in [2.05, 4.69) is 9.97 Å². The van der Waals surface area contributed by atoms with Gasteiger partial charge in [0.15, 0.2) is 5.78 Å². The number of anilines is 1. The molecule has 2 N–H and O–H groups in total. The first-order valence-electron chi connectivity index (χ1n) is 6.42. The van der Waals surface area contributed by atoms with Gasteiger partial charge in [0.25, 0.3) is 0 Å². The van der Waals surface area contributed by atoms with Crippen LogP contribution in [0.3, 0.4) is 0 Å². The number of carbonyl (C=O) groups is 1. The molecule has 0 aliphatic carbocycles. The number of nitrogens with two attached hydrogens (primary N) is 1. The lowest BCUT2D eigenvalue weighted by molar-refractivity contribution is -0.137. The molecule has 0 spiro atoms. The zero-order valence-corrected chi connectivity index (χ0v) is 12.0. The molecule has 2 rings (SSSR count). The van der Waals surface area contributed by atoms with Gasteiger partial charge >= 0.3 is 6.18 Å². The number of Topliss-reactive ketones (excluding diaryl/α,β-unsaturated/α-hetero) is 1. The number of nitrogens with zero attached hydrogens (tertiary/aromatic N) is 2. The number of nitrogen functional groups attached to an aromatic ring is 1. The van der Waals surface area contributed by atoms with E-state index >= 15 is 0 Å². The fourth-order valence-corrected chi connectivity index (χ4v) is 1.91. The van der Waals surface area contributed by atoms with Crippen molar-refractivity contribution in [3.8, 4) is 0 Å². The van der Waals surface area contributed by atoms with Gasteiger partial charge in [-0.15, -0.1) is 0 Å². The molecule has 0 aliphatic heterocycles. The van der Waals surface area contributed by atoms with E-state index in [4.69, 9.17) is 5.73 Å². The van der Waals surface area contributed by atoms with E-state index < -0.39 is 17.2 Å². The van der Waals surface area contributed by atoms with Crippen LogP contribution in [-0.4, -0.2) is 15.8 Å². The largest absolute Gasteiger partial charge is 0.417 e. The molecular weight excluding hydrogens is 295 g/mol. The van der Waals surface area contributed by atoms with Gasteiger partial charge in [-0.3, -0.25) is 14.8 Å². The average Bonchev–Trinajstić information content (AvgIpc) is 2.46. The first-order valence-corrected chi connectivity index (χ1v) is 6.42. The zero-order chi connectivity index (χ0) is 16.5. The third-order valence-electron chi connectivity index (χ3n) is 3.32. The van der Waals surface area contributed by atoms with Gasteiger partial charge in [0, 0.05) is 6.20 Å². The summed E-state index contributed by atoms with van der Waals surface area (Å²) in [5, 5.41) is 0. The van der Waals surface area contributed by atoms with Crippen LogP contribution in [0.5, 0.6) is 0 Å². The Hall–Kier alpha value is -2.44. The normalized spacial score (nSPS) is 12.2. The van der Waals surface area contributed by atoms with Crippen LogP contribution in [0, 0.1) is 0 Å². The second-order valence-electron chi connectivity index (χ2n) is 5.36. The van der Waals surface area contributed by atoms with E-state index in [0.717, 1.165) is 12.3 Å². The van der Waals surface area contributed by atoms with Gasteiger partial charge in [0.2, 0.25) is 0 Å². The number of aromatic nitrogens is 2. The van der Waals surface area contributed by atoms with E-state index in [1.54, 1.807) is 13.8 Å². The van der Waals surface area contributed by atoms with Crippen LogP contribution in [0.2, 0.25) is 0 Å². The van der Waals surface area contributed by atoms with Gasteiger partial charge in [-0.1, -0.05) is 0 Å². The number of rotatable bonds is 3. The van der Waals surface area contributed by atoms with Crippen LogP contribution in [0.25, 0.3) is 0 Å². The second kappa shape index (κ2) is 5.40. The summed E-state index contributed by atoms with van der Waals surface area (Å²) in [5.74, 6) is -0.347. The molecule has 2 aromatic rings. The lowest BCUT2D eigenvalue weighted by Gasteiger charge is -2.22. The molecule has 0 atom stereocenters. The lowest BCUT2D eigenvalue weighted by atomic mass is 9.82. The summed E-state index contributed by atoms with van der Waals surface area (Å²) in [7, 11) is 0. The number of pyridine rings is 2. The van der Waals surface area contributed by atoms with E-state index in [0.29, 0.717) is 5.69 Å². The highest BCUT2D eigenvalue weighted by molar-refractivity contribution is 6.01. The van der Waals surface area contributed by atoms with Crippen molar-refractivity contribution in [2.75, 3.05) is 5.73 Å². The van der Waals surface area contributed by atoms with Crippen LogP contribution in [-0.2, 0) is 11.6 Å². The van der Waals surface area contributed by atoms with Gasteiger partial charge in [0.05, 0.1) is 28.6 Å². The van der Waals surface area contributed by atoms with Crippen molar-refractivity contribution in [1.29, 1.82) is 0 Å². The Morgan fingerprint density at radius 3 is 2.18 bits per heavy atom. The molecule has 22 heavy (non-hydrogen) atoms. The maximum Gasteiger partial charge on any atom is 0.417 e. The first kappa shape index (κ1) is 15.9. The SMILES string of the molecule is CC(C)(C(=O)c1ccc(N)cn1)c1ccc(C(F)(F)F)cn1. The molecule has 7 heteroatoms. The Bertz CT molecular complexity index is 677. The number of carbonyl (C=O) groups excluding carboxylic acids is 1. The third kappa shape index (κ3) is 3.08. The molecule has 0 fully saturated rings. The molecule has 0 saturated carbocycles. The van der Waals surface area contributed by atoms with E-state index in [1.807, 2.05) is 0 Å². The van der Waals surface area contributed by atoms with Crippen molar-refractivity contribution >= 4 is 11.5 Å². The molecular formula is C15H14F3N3O. The summed E-state index contributed by atoms with van der Waals surface area (Å²) in [4.78, 5) is 20.2. The Morgan fingerprint density at radius 1 is 1.05 bits per heavy atom. The fourth-order valence-electron chi connectivity index (χ4n) is 1.91. The van der Waals surface area contributed by atoms with Crippen molar-refractivity contribution in [1.82, 2.24) is 9.97 Å². The first-order chi connectivity index (χ1) is 10.1. The Kier molecular flexibility index (Phi) is 3.91. The molecule has 0 amide bonds. The van der Waals surface area contributed by atoms with Crippen LogP contribution in [0.4, 0.5) is 18.9 Å². The number of hydrogen-bond acceptors (Lipinski definition) is 4. The minimum atomic E-state index is -4.46. The standard InChI is InChI=1S/C15H14F3N3O/c1-14(2,13(22)11-5-4-10(19)8-20-11)12-6-3-9(7-21-12)15(16,17)18/h3-8H,19H2,1-2H3. The van der Waals surface area contributed by atoms with Crippen LogP contribution in [0.15, 0.2) is 36.7 Å². The molecule has 116 valence electrons. The molecule has 4 nitrogen and oxygen atoms in total. The van der Waals surface area contributed by atoms with Crippen molar-refractivity contribution < 1.29 is 18.0 Å². The number of halogens is 3. The monoisotopic (exact) mass is 309 g/mol. The average molecular weight is 309 g/mol. The van der Waals surface area contributed by atoms with E-state index in [9.17, 15) is 18.0 Å². The summed E-state index contributed by atoms with van der Waals surface area (Å²) in [6.07, 6.45) is -2.39. The van der Waals surface area contributed by atoms with Gasteiger partial charge in [-0.05, 0) is 38.1 Å². The number of hydrogen-bond donors (Lipinski definition) is 1. The zero-order valence-electron chi connectivity index (χ0n) is 12.0. The van der Waals surface area contributed by atoms with Crippen LogP contribution in [0.1, 0.15) is 35.6 Å². The summed E-state index contributed by atoms with van der Waals surface area (Å²) >= 11 is 0. The lowest BCUT2D eigenvalue weighted by Crippen LogP contribution is -2.31. The number of ketones is 1. The Balaban J connectivity index is 2.33. The van der Waals surface area contributed by atoms with Crippen molar-refractivity contribution in [3.05, 3.63) is 53.6 Å². The maximum absolute atomic E-state index is 12.5. The molecule has 0 bridgehead atoms. The Morgan fingerprint density at radius 2 is 1.73 bits per heavy atom. The summed E-state index contributed by atoms with van der Waals surface area (Å²) in [5.41, 5.74) is 4.39. The van der Waals surface area contributed by atoms with Crippen LogP contribution < -0.4 is 5.73 Å². The third-order valence-corrected chi connectivity index (χ3v) is 3.32. The molecule has 2 heterocycles. The maximum atomic E-state index is 12.5. The highest BCUT2D eigenvalue weighted by Crippen LogP contribution is 2.31.